The number of rotatable bonds is 13. The van der Waals surface area contributed by atoms with Crippen molar-refractivity contribution in [1.29, 1.82) is 0 Å². The SMILES string of the molecule is CC[C@@H](C)NC(=O)[C@@H](CC)N(Cc1cccc(OC)c1)C(=O)CN(c1cccc(C(F)(F)F)c1)S(=O)(=O)c1ccc(C)cc1. The van der Waals surface area contributed by atoms with Crippen molar-refractivity contribution in [2.24, 2.45) is 0 Å². The van der Waals surface area contributed by atoms with Crippen LogP contribution in [0.4, 0.5) is 18.9 Å². The van der Waals surface area contributed by atoms with E-state index in [1.54, 1.807) is 50.2 Å². The molecule has 1 N–H and O–H groups in total. The molecule has 238 valence electrons. The summed E-state index contributed by atoms with van der Waals surface area (Å²) in [4.78, 5) is 28.6. The summed E-state index contributed by atoms with van der Waals surface area (Å²) in [5, 5.41) is 2.88. The maximum atomic E-state index is 14.1. The lowest BCUT2D eigenvalue weighted by Gasteiger charge is -2.34. The van der Waals surface area contributed by atoms with Gasteiger partial charge in [0.2, 0.25) is 11.8 Å². The molecule has 0 bridgehead atoms. The third kappa shape index (κ3) is 8.52. The molecule has 0 heterocycles. The van der Waals surface area contributed by atoms with Gasteiger partial charge in [0, 0.05) is 12.6 Å². The molecular formula is C32H38F3N3O5S. The molecule has 3 aromatic carbocycles. The number of alkyl halides is 3. The van der Waals surface area contributed by atoms with Gasteiger partial charge in [0.15, 0.2) is 0 Å². The lowest BCUT2D eigenvalue weighted by molar-refractivity contribution is -0.140. The Labute approximate surface area is 256 Å². The van der Waals surface area contributed by atoms with E-state index in [9.17, 15) is 31.2 Å². The molecule has 3 aromatic rings. The highest BCUT2D eigenvalue weighted by molar-refractivity contribution is 7.92. The fourth-order valence-corrected chi connectivity index (χ4v) is 5.94. The number of nitrogens with one attached hydrogen (secondary N) is 1. The van der Waals surface area contributed by atoms with Gasteiger partial charge in [-0.2, -0.15) is 13.2 Å². The molecule has 2 amide bonds. The van der Waals surface area contributed by atoms with Gasteiger partial charge >= 0.3 is 6.18 Å². The molecule has 0 fully saturated rings. The number of nitrogens with zero attached hydrogens (tertiary/aromatic N) is 2. The van der Waals surface area contributed by atoms with E-state index in [1.165, 1.54) is 30.2 Å². The molecular weight excluding hydrogens is 595 g/mol. The molecule has 3 rings (SSSR count). The fraction of sp³-hybridized carbons (Fsp3) is 0.375. The van der Waals surface area contributed by atoms with E-state index in [2.05, 4.69) is 5.32 Å². The highest BCUT2D eigenvalue weighted by Gasteiger charge is 2.36. The quantitative estimate of drug-likeness (QED) is 0.252. The van der Waals surface area contributed by atoms with Crippen LogP contribution >= 0.6 is 0 Å². The Morgan fingerprint density at radius 1 is 0.955 bits per heavy atom. The van der Waals surface area contributed by atoms with Crippen molar-refractivity contribution in [3.8, 4) is 5.75 Å². The molecule has 8 nitrogen and oxygen atoms in total. The molecule has 0 spiro atoms. The van der Waals surface area contributed by atoms with Crippen molar-refractivity contribution in [1.82, 2.24) is 10.2 Å². The van der Waals surface area contributed by atoms with Gasteiger partial charge in [-0.3, -0.25) is 13.9 Å². The number of carbonyl (C=O) groups excluding carboxylic acids is 2. The second kappa shape index (κ2) is 14.6. The Morgan fingerprint density at radius 3 is 2.20 bits per heavy atom. The van der Waals surface area contributed by atoms with Gasteiger partial charge in [-0.1, -0.05) is 49.7 Å². The van der Waals surface area contributed by atoms with Crippen LogP contribution in [0.3, 0.4) is 0 Å². The second-order valence-electron chi connectivity index (χ2n) is 10.5. The van der Waals surface area contributed by atoms with Crippen molar-refractivity contribution in [3.63, 3.8) is 0 Å². The molecule has 0 radical (unpaired) electrons. The molecule has 44 heavy (non-hydrogen) atoms. The highest BCUT2D eigenvalue weighted by Crippen LogP contribution is 2.33. The zero-order valence-corrected chi connectivity index (χ0v) is 26.2. The molecule has 0 aliphatic carbocycles. The standard InChI is InChI=1S/C32H38F3N3O5S/c1-6-23(4)36-31(40)29(7-2)37(20-24-10-8-13-27(18-24)43-5)30(39)21-38(26-12-9-11-25(19-26)32(33,34)35)44(41,42)28-16-14-22(3)15-17-28/h8-19,23,29H,6-7,20-21H2,1-5H3,(H,36,40)/t23-,29-/m1/s1. The summed E-state index contributed by atoms with van der Waals surface area (Å²) < 4.78 is 74.8. The lowest BCUT2D eigenvalue weighted by atomic mass is 10.1. The topological polar surface area (TPSA) is 96.0 Å². The van der Waals surface area contributed by atoms with Crippen molar-refractivity contribution in [2.75, 3.05) is 18.0 Å². The van der Waals surface area contributed by atoms with Crippen molar-refractivity contribution in [3.05, 3.63) is 89.5 Å². The van der Waals surface area contributed by atoms with Crippen LogP contribution in [0, 0.1) is 6.92 Å². The third-order valence-electron chi connectivity index (χ3n) is 7.22. The van der Waals surface area contributed by atoms with Gasteiger partial charge in [0.1, 0.15) is 18.3 Å². The maximum absolute atomic E-state index is 14.1. The van der Waals surface area contributed by atoms with Crippen molar-refractivity contribution >= 4 is 27.5 Å². The number of hydrogen-bond donors (Lipinski definition) is 1. The predicted octanol–water partition coefficient (Wildman–Crippen LogP) is 5.94. The summed E-state index contributed by atoms with van der Waals surface area (Å²) in [6, 6.07) is 15.3. The van der Waals surface area contributed by atoms with E-state index < -0.39 is 46.2 Å². The van der Waals surface area contributed by atoms with E-state index in [4.69, 9.17) is 4.74 Å². The van der Waals surface area contributed by atoms with Crippen LogP contribution in [0.5, 0.6) is 5.75 Å². The Hall–Kier alpha value is -4.06. The molecule has 0 aliphatic rings. The van der Waals surface area contributed by atoms with Crippen LogP contribution in [-0.4, -0.2) is 50.9 Å². The zero-order chi connectivity index (χ0) is 32.7. The van der Waals surface area contributed by atoms with E-state index in [-0.39, 0.29) is 29.6 Å². The number of ether oxygens (including phenoxy) is 1. The number of hydrogen-bond acceptors (Lipinski definition) is 5. The minimum absolute atomic E-state index is 0.0799. The second-order valence-corrected chi connectivity index (χ2v) is 12.4. The number of aryl methyl sites for hydroxylation is 1. The van der Waals surface area contributed by atoms with Gasteiger partial charge in [-0.25, -0.2) is 8.42 Å². The number of carbonyl (C=O) groups is 2. The molecule has 0 aromatic heterocycles. The summed E-state index contributed by atoms with van der Waals surface area (Å²) in [5.41, 5.74) is -0.0286. The third-order valence-corrected chi connectivity index (χ3v) is 9.01. The van der Waals surface area contributed by atoms with Crippen molar-refractivity contribution in [2.45, 2.75) is 70.2 Å². The van der Waals surface area contributed by atoms with E-state index in [0.29, 0.717) is 28.1 Å². The largest absolute Gasteiger partial charge is 0.497 e. The lowest BCUT2D eigenvalue weighted by Crippen LogP contribution is -2.53. The first-order chi connectivity index (χ1) is 20.7. The van der Waals surface area contributed by atoms with Gasteiger partial charge in [-0.05, 0) is 74.7 Å². The molecule has 0 saturated carbocycles. The Kier molecular flexibility index (Phi) is 11.4. The molecule has 0 saturated heterocycles. The van der Waals surface area contributed by atoms with Crippen LogP contribution in [0.2, 0.25) is 0 Å². The average Bonchev–Trinajstić information content (AvgIpc) is 2.99. The number of methoxy groups -OCH3 is 1. The van der Waals surface area contributed by atoms with E-state index >= 15 is 0 Å². The summed E-state index contributed by atoms with van der Waals surface area (Å²) in [7, 11) is -3.04. The summed E-state index contributed by atoms with van der Waals surface area (Å²) in [6.07, 6.45) is -3.91. The summed E-state index contributed by atoms with van der Waals surface area (Å²) in [6.45, 7) is 6.27. The number of amides is 2. The van der Waals surface area contributed by atoms with Crippen LogP contribution in [-0.2, 0) is 32.3 Å². The number of benzene rings is 3. The highest BCUT2D eigenvalue weighted by atomic mass is 32.2. The van der Waals surface area contributed by atoms with Crippen LogP contribution < -0.4 is 14.4 Å². The number of sulfonamides is 1. The van der Waals surface area contributed by atoms with Gasteiger partial charge in [0.05, 0.1) is 23.3 Å². The van der Waals surface area contributed by atoms with Crippen molar-refractivity contribution < 1.29 is 35.9 Å². The Bertz CT molecular complexity index is 1550. The summed E-state index contributed by atoms with van der Waals surface area (Å²) in [5.74, 6) is -0.684. The average molecular weight is 634 g/mol. The fourth-order valence-electron chi connectivity index (χ4n) is 4.53. The minimum Gasteiger partial charge on any atom is -0.497 e. The summed E-state index contributed by atoms with van der Waals surface area (Å²) >= 11 is 0. The van der Waals surface area contributed by atoms with E-state index in [0.717, 1.165) is 17.7 Å². The monoisotopic (exact) mass is 633 g/mol. The Morgan fingerprint density at radius 2 is 1.61 bits per heavy atom. The van der Waals surface area contributed by atoms with Crippen LogP contribution in [0.15, 0.2) is 77.7 Å². The molecule has 0 unspecified atom stereocenters. The van der Waals surface area contributed by atoms with Crippen LogP contribution in [0.1, 0.15) is 50.3 Å². The zero-order valence-electron chi connectivity index (χ0n) is 25.4. The first-order valence-corrected chi connectivity index (χ1v) is 15.6. The molecule has 2 atom stereocenters. The van der Waals surface area contributed by atoms with Gasteiger partial charge < -0.3 is 15.0 Å². The maximum Gasteiger partial charge on any atom is 0.416 e. The number of halogens is 3. The van der Waals surface area contributed by atoms with Crippen LogP contribution in [0.25, 0.3) is 0 Å². The Balaban J connectivity index is 2.13. The smallest absolute Gasteiger partial charge is 0.416 e. The predicted molar refractivity (Wildman–Crippen MR) is 163 cm³/mol. The first kappa shape index (κ1) is 34.4. The van der Waals surface area contributed by atoms with Gasteiger partial charge in [-0.15, -0.1) is 0 Å². The first-order valence-electron chi connectivity index (χ1n) is 14.2. The van der Waals surface area contributed by atoms with E-state index in [1.807, 2.05) is 13.8 Å². The normalized spacial score (nSPS) is 13.1. The molecule has 12 heteroatoms. The molecule has 0 aliphatic heterocycles. The van der Waals surface area contributed by atoms with Gasteiger partial charge in [0.25, 0.3) is 10.0 Å². The number of anilines is 1. The minimum atomic E-state index is -4.75.